The van der Waals surface area contributed by atoms with Crippen LogP contribution in [0.4, 0.5) is 0 Å². The summed E-state index contributed by atoms with van der Waals surface area (Å²) in [6, 6.07) is 2.95. The molecule has 1 N–H and O–H groups in total. The number of rotatable bonds is 5. The highest BCUT2D eigenvalue weighted by Crippen LogP contribution is 2.20. The number of hydrogen-bond acceptors (Lipinski definition) is 3. The third-order valence-electron chi connectivity index (χ3n) is 3.06. The minimum absolute atomic E-state index is 0.722. The Morgan fingerprint density at radius 1 is 1.62 bits per heavy atom. The molecule has 0 amide bonds. The zero-order chi connectivity index (χ0) is 11.4. The Bertz CT molecular complexity index is 321. The van der Waals surface area contributed by atoms with E-state index in [9.17, 15) is 0 Å². The summed E-state index contributed by atoms with van der Waals surface area (Å²) < 4.78 is 1.22. The van der Waals surface area contributed by atoms with Crippen molar-refractivity contribution in [3.05, 3.63) is 20.8 Å². The summed E-state index contributed by atoms with van der Waals surface area (Å²) in [5.41, 5.74) is 0. The molecule has 1 atom stereocenters. The number of hydrogen-bond donors (Lipinski definition) is 1. The second-order valence-electron chi connectivity index (χ2n) is 4.54. The number of likely N-dealkylation sites (N-methyl/N-ethyl adjacent to an activating group) is 1. The summed E-state index contributed by atoms with van der Waals surface area (Å²) in [5, 5.41) is 5.70. The molecule has 1 saturated heterocycles. The Balaban J connectivity index is 1.68. The summed E-state index contributed by atoms with van der Waals surface area (Å²) in [6.45, 7) is 3.55. The standard InChI is InChI=1S/C12H19BrN2S/c1-15(8-11-3-2-5-14-11)6-4-12-7-10(13)9-16-12/h7,9,11,14H,2-6,8H2,1H3. The number of nitrogens with one attached hydrogen (secondary N) is 1. The average Bonchev–Trinajstić information content (AvgIpc) is 2.87. The topological polar surface area (TPSA) is 15.3 Å². The Kier molecular flexibility index (Phi) is 4.82. The van der Waals surface area contributed by atoms with Crippen molar-refractivity contribution < 1.29 is 0 Å². The monoisotopic (exact) mass is 302 g/mol. The smallest absolute Gasteiger partial charge is 0.0285 e. The highest BCUT2D eigenvalue weighted by molar-refractivity contribution is 9.10. The Morgan fingerprint density at radius 3 is 3.12 bits per heavy atom. The van der Waals surface area contributed by atoms with Gasteiger partial charge in [0, 0.05) is 33.9 Å². The van der Waals surface area contributed by atoms with Gasteiger partial charge in [0.2, 0.25) is 0 Å². The lowest BCUT2D eigenvalue weighted by molar-refractivity contribution is 0.304. The summed E-state index contributed by atoms with van der Waals surface area (Å²) >= 11 is 5.34. The molecule has 4 heteroatoms. The van der Waals surface area contributed by atoms with Gasteiger partial charge in [0.1, 0.15) is 0 Å². The van der Waals surface area contributed by atoms with E-state index in [1.807, 2.05) is 11.3 Å². The van der Waals surface area contributed by atoms with Gasteiger partial charge in [0.15, 0.2) is 0 Å². The van der Waals surface area contributed by atoms with E-state index in [1.165, 1.54) is 41.7 Å². The van der Waals surface area contributed by atoms with Gasteiger partial charge in [-0.2, -0.15) is 0 Å². The lowest BCUT2D eigenvalue weighted by Crippen LogP contribution is -2.36. The van der Waals surface area contributed by atoms with E-state index >= 15 is 0 Å². The van der Waals surface area contributed by atoms with Crippen molar-refractivity contribution in [2.75, 3.05) is 26.7 Å². The largest absolute Gasteiger partial charge is 0.313 e. The van der Waals surface area contributed by atoms with E-state index in [-0.39, 0.29) is 0 Å². The van der Waals surface area contributed by atoms with Crippen LogP contribution in [0.25, 0.3) is 0 Å². The molecule has 2 heterocycles. The fraction of sp³-hybridized carbons (Fsp3) is 0.667. The minimum Gasteiger partial charge on any atom is -0.313 e. The van der Waals surface area contributed by atoms with Crippen molar-refractivity contribution in [2.45, 2.75) is 25.3 Å². The molecule has 1 aliphatic rings. The van der Waals surface area contributed by atoms with Gasteiger partial charge in [-0.1, -0.05) is 0 Å². The molecule has 1 unspecified atom stereocenters. The summed E-state index contributed by atoms with van der Waals surface area (Å²) in [5.74, 6) is 0. The molecule has 1 aromatic heterocycles. The van der Waals surface area contributed by atoms with Crippen LogP contribution in [0.2, 0.25) is 0 Å². The average molecular weight is 303 g/mol. The molecular weight excluding hydrogens is 284 g/mol. The van der Waals surface area contributed by atoms with Crippen LogP contribution < -0.4 is 5.32 Å². The second-order valence-corrected chi connectivity index (χ2v) is 6.45. The van der Waals surface area contributed by atoms with E-state index in [0.29, 0.717) is 0 Å². The van der Waals surface area contributed by atoms with Crippen LogP contribution in [-0.2, 0) is 6.42 Å². The summed E-state index contributed by atoms with van der Waals surface area (Å²) in [7, 11) is 2.22. The first-order chi connectivity index (χ1) is 7.74. The van der Waals surface area contributed by atoms with Gasteiger partial charge >= 0.3 is 0 Å². The molecule has 0 bridgehead atoms. The van der Waals surface area contributed by atoms with E-state index in [0.717, 1.165) is 12.6 Å². The van der Waals surface area contributed by atoms with Crippen molar-refractivity contribution >= 4 is 27.3 Å². The molecule has 1 aliphatic heterocycles. The van der Waals surface area contributed by atoms with Gasteiger partial charge in [-0.05, 0) is 54.9 Å². The molecule has 0 saturated carbocycles. The molecule has 16 heavy (non-hydrogen) atoms. The highest BCUT2D eigenvalue weighted by Gasteiger charge is 2.15. The second kappa shape index (κ2) is 6.15. The van der Waals surface area contributed by atoms with Gasteiger partial charge < -0.3 is 10.2 Å². The van der Waals surface area contributed by atoms with Crippen LogP contribution in [-0.4, -0.2) is 37.6 Å². The number of halogens is 1. The maximum atomic E-state index is 3.54. The van der Waals surface area contributed by atoms with Gasteiger partial charge in [0.25, 0.3) is 0 Å². The predicted molar refractivity (Wildman–Crippen MR) is 74.2 cm³/mol. The third-order valence-corrected chi connectivity index (χ3v) is 4.81. The SMILES string of the molecule is CN(CCc1cc(Br)cs1)CC1CCCN1. The molecular formula is C12H19BrN2S. The molecule has 1 aromatic rings. The van der Waals surface area contributed by atoms with Gasteiger partial charge in [-0.3, -0.25) is 0 Å². The zero-order valence-electron chi connectivity index (χ0n) is 9.71. The van der Waals surface area contributed by atoms with Gasteiger partial charge in [-0.15, -0.1) is 11.3 Å². The van der Waals surface area contributed by atoms with Crippen molar-refractivity contribution in [1.82, 2.24) is 10.2 Å². The quantitative estimate of drug-likeness (QED) is 0.900. The first-order valence-corrected chi connectivity index (χ1v) is 7.56. The van der Waals surface area contributed by atoms with Crippen LogP contribution in [0.3, 0.4) is 0 Å². The zero-order valence-corrected chi connectivity index (χ0v) is 12.1. The van der Waals surface area contributed by atoms with Crippen LogP contribution in [0.5, 0.6) is 0 Å². The maximum absolute atomic E-state index is 3.54. The Hall–Kier alpha value is 0.1000. The molecule has 1 fully saturated rings. The Morgan fingerprint density at radius 2 is 2.50 bits per heavy atom. The van der Waals surface area contributed by atoms with Crippen LogP contribution in [0.1, 0.15) is 17.7 Å². The van der Waals surface area contributed by atoms with Crippen LogP contribution in [0.15, 0.2) is 15.9 Å². The molecule has 0 aliphatic carbocycles. The Labute approximate surface area is 110 Å². The summed E-state index contributed by atoms with van der Waals surface area (Å²) in [4.78, 5) is 3.91. The summed E-state index contributed by atoms with van der Waals surface area (Å²) in [6.07, 6.45) is 3.85. The fourth-order valence-corrected chi connectivity index (χ4v) is 3.61. The van der Waals surface area contributed by atoms with E-state index in [4.69, 9.17) is 0 Å². The predicted octanol–water partition coefficient (Wildman–Crippen LogP) is 2.74. The lowest BCUT2D eigenvalue weighted by Gasteiger charge is -2.20. The number of thiophene rings is 1. The molecule has 2 nitrogen and oxygen atoms in total. The van der Waals surface area contributed by atoms with E-state index in [2.05, 4.69) is 44.6 Å². The van der Waals surface area contributed by atoms with Crippen LogP contribution >= 0.6 is 27.3 Å². The normalized spacial score (nSPS) is 20.8. The van der Waals surface area contributed by atoms with E-state index in [1.54, 1.807) is 0 Å². The molecule has 90 valence electrons. The highest BCUT2D eigenvalue weighted by atomic mass is 79.9. The van der Waals surface area contributed by atoms with Gasteiger partial charge in [-0.25, -0.2) is 0 Å². The number of nitrogens with zero attached hydrogens (tertiary/aromatic N) is 1. The van der Waals surface area contributed by atoms with Crippen molar-refractivity contribution in [1.29, 1.82) is 0 Å². The fourth-order valence-electron chi connectivity index (χ4n) is 2.17. The molecule has 0 aromatic carbocycles. The first-order valence-electron chi connectivity index (χ1n) is 5.89. The van der Waals surface area contributed by atoms with Crippen molar-refractivity contribution in [3.8, 4) is 0 Å². The molecule has 2 rings (SSSR count). The lowest BCUT2D eigenvalue weighted by atomic mass is 10.2. The molecule has 0 spiro atoms. The van der Waals surface area contributed by atoms with Crippen molar-refractivity contribution in [2.24, 2.45) is 0 Å². The van der Waals surface area contributed by atoms with Crippen molar-refractivity contribution in [3.63, 3.8) is 0 Å². The first kappa shape index (κ1) is 12.6. The third kappa shape index (κ3) is 3.84. The van der Waals surface area contributed by atoms with Crippen LogP contribution in [0, 0.1) is 0 Å². The van der Waals surface area contributed by atoms with E-state index < -0.39 is 0 Å². The maximum Gasteiger partial charge on any atom is 0.0285 e. The van der Waals surface area contributed by atoms with Gasteiger partial charge in [0.05, 0.1) is 0 Å². The molecule has 0 radical (unpaired) electrons. The minimum atomic E-state index is 0.722.